The zero-order valence-corrected chi connectivity index (χ0v) is 9.20. The van der Waals surface area contributed by atoms with Crippen molar-refractivity contribution in [2.24, 2.45) is 5.92 Å². The third-order valence-electron chi connectivity index (χ3n) is 2.23. The number of amides is 1. The fourth-order valence-corrected chi connectivity index (χ4v) is 1.77. The molecule has 1 saturated heterocycles. The summed E-state index contributed by atoms with van der Waals surface area (Å²) in [6.45, 7) is 1.22. The van der Waals surface area contributed by atoms with Gasteiger partial charge in [0, 0.05) is 25.6 Å². The van der Waals surface area contributed by atoms with Crippen LogP contribution in [0.1, 0.15) is 0 Å². The molecular weight excluding hydrogens is 245 g/mol. The molecule has 1 aliphatic heterocycles. The number of aliphatic hydroxyl groups excluding tert-OH is 1. The van der Waals surface area contributed by atoms with Gasteiger partial charge in [0.25, 0.3) is 0 Å². The minimum absolute atomic E-state index is 0.125. The number of carbonyl (C=O) groups is 1. The highest BCUT2D eigenvalue weighted by molar-refractivity contribution is 8.00. The maximum Gasteiger partial charge on any atom is 0.442 e. The van der Waals surface area contributed by atoms with Crippen LogP contribution in [-0.4, -0.2) is 48.0 Å². The predicted octanol–water partition coefficient (Wildman–Crippen LogP) is -0.0641. The van der Waals surface area contributed by atoms with E-state index in [1.165, 1.54) is 0 Å². The first kappa shape index (κ1) is 13.6. The quantitative estimate of drug-likeness (QED) is 0.661. The molecule has 1 rings (SSSR count). The lowest BCUT2D eigenvalue weighted by Gasteiger charge is -2.14. The van der Waals surface area contributed by atoms with E-state index in [9.17, 15) is 23.1 Å². The zero-order valence-electron chi connectivity index (χ0n) is 8.38. The highest BCUT2D eigenvalue weighted by Gasteiger charge is 2.30. The van der Waals surface area contributed by atoms with Gasteiger partial charge in [0.2, 0.25) is 5.91 Å². The van der Waals surface area contributed by atoms with Crippen molar-refractivity contribution >= 4 is 17.7 Å². The highest BCUT2D eigenvalue weighted by atomic mass is 32.2. The van der Waals surface area contributed by atoms with Crippen LogP contribution in [0, 0.1) is 5.92 Å². The van der Waals surface area contributed by atoms with Gasteiger partial charge < -0.3 is 15.7 Å². The van der Waals surface area contributed by atoms with Gasteiger partial charge in [-0.2, -0.15) is 13.2 Å². The van der Waals surface area contributed by atoms with E-state index < -0.39 is 23.3 Å². The van der Waals surface area contributed by atoms with Gasteiger partial charge in [-0.15, -0.1) is 0 Å². The second kappa shape index (κ2) is 5.74. The summed E-state index contributed by atoms with van der Waals surface area (Å²) in [5.74, 6) is -1.43. The molecule has 0 aromatic rings. The number of aliphatic hydroxyl groups is 1. The molecule has 94 valence electrons. The van der Waals surface area contributed by atoms with E-state index in [1.807, 2.05) is 0 Å². The molecule has 2 atom stereocenters. The lowest BCUT2D eigenvalue weighted by atomic mass is 10.1. The SMILES string of the molecule is O=C(CSC(F)(F)F)NCC1CNCC1O. The van der Waals surface area contributed by atoms with Crippen LogP contribution in [0.5, 0.6) is 0 Å². The fraction of sp³-hybridized carbons (Fsp3) is 0.875. The van der Waals surface area contributed by atoms with Crippen molar-refractivity contribution in [1.29, 1.82) is 0 Å². The number of β-amino-alcohol motifs (C(OH)–C–C–N with tert-alkyl or cyclic N) is 1. The number of thioether (sulfide) groups is 1. The van der Waals surface area contributed by atoms with Gasteiger partial charge >= 0.3 is 5.51 Å². The van der Waals surface area contributed by atoms with Crippen LogP contribution >= 0.6 is 11.8 Å². The van der Waals surface area contributed by atoms with Gasteiger partial charge in [0.1, 0.15) is 0 Å². The number of carbonyl (C=O) groups excluding carboxylic acids is 1. The Hall–Kier alpha value is -0.470. The molecule has 4 nitrogen and oxygen atoms in total. The first-order valence-corrected chi connectivity index (χ1v) is 5.73. The Morgan fingerprint density at radius 1 is 1.50 bits per heavy atom. The van der Waals surface area contributed by atoms with E-state index >= 15 is 0 Å². The van der Waals surface area contributed by atoms with E-state index in [1.54, 1.807) is 0 Å². The number of rotatable bonds is 4. The molecule has 0 aromatic carbocycles. The smallest absolute Gasteiger partial charge is 0.391 e. The van der Waals surface area contributed by atoms with Gasteiger partial charge in [-0.05, 0) is 11.8 Å². The van der Waals surface area contributed by atoms with Crippen LogP contribution in [0.25, 0.3) is 0 Å². The Balaban J connectivity index is 2.15. The fourth-order valence-electron chi connectivity index (χ4n) is 1.37. The Morgan fingerprint density at radius 2 is 2.19 bits per heavy atom. The van der Waals surface area contributed by atoms with Crippen LogP contribution in [0.3, 0.4) is 0 Å². The van der Waals surface area contributed by atoms with E-state index in [2.05, 4.69) is 10.6 Å². The molecule has 0 saturated carbocycles. The van der Waals surface area contributed by atoms with Gasteiger partial charge in [0.15, 0.2) is 0 Å². The molecule has 0 aliphatic carbocycles. The van der Waals surface area contributed by atoms with Crippen molar-refractivity contribution in [3.05, 3.63) is 0 Å². The average Bonchev–Trinajstić information content (AvgIpc) is 2.57. The lowest BCUT2D eigenvalue weighted by Crippen LogP contribution is -2.35. The minimum atomic E-state index is -4.38. The summed E-state index contributed by atoms with van der Waals surface area (Å²) in [7, 11) is 0. The van der Waals surface area contributed by atoms with Crippen molar-refractivity contribution in [2.45, 2.75) is 11.6 Å². The molecule has 0 spiro atoms. The van der Waals surface area contributed by atoms with E-state index in [0.29, 0.717) is 13.1 Å². The number of nitrogens with one attached hydrogen (secondary N) is 2. The van der Waals surface area contributed by atoms with Gasteiger partial charge in [0.05, 0.1) is 11.9 Å². The van der Waals surface area contributed by atoms with Crippen LogP contribution in [0.15, 0.2) is 0 Å². The maximum atomic E-state index is 11.8. The standard InChI is InChI=1S/C8H13F3N2O2S/c9-8(10,11)16-4-7(15)13-2-5-1-12-3-6(5)14/h5-6,12,14H,1-4H2,(H,13,15). The van der Waals surface area contributed by atoms with Gasteiger partial charge in [-0.1, -0.05) is 0 Å². The molecule has 16 heavy (non-hydrogen) atoms. The minimum Gasteiger partial charge on any atom is -0.391 e. The lowest BCUT2D eigenvalue weighted by molar-refractivity contribution is -0.119. The first-order chi connectivity index (χ1) is 7.38. The number of halogens is 3. The summed E-state index contributed by atoms with van der Waals surface area (Å²) in [5.41, 5.74) is -4.38. The summed E-state index contributed by atoms with van der Waals surface area (Å²) in [4.78, 5) is 11.0. The number of hydrogen-bond acceptors (Lipinski definition) is 4. The van der Waals surface area contributed by atoms with Crippen molar-refractivity contribution in [2.75, 3.05) is 25.4 Å². The molecule has 0 aromatic heterocycles. The second-order valence-electron chi connectivity index (χ2n) is 3.52. The summed E-state index contributed by atoms with van der Waals surface area (Å²) in [5, 5.41) is 14.6. The van der Waals surface area contributed by atoms with Crippen molar-refractivity contribution < 1.29 is 23.1 Å². The molecule has 0 bridgehead atoms. The van der Waals surface area contributed by atoms with E-state index in [-0.39, 0.29) is 24.2 Å². The Labute approximate surface area is 95.0 Å². The van der Waals surface area contributed by atoms with E-state index in [4.69, 9.17) is 0 Å². The Kier molecular flexibility index (Phi) is 4.88. The van der Waals surface area contributed by atoms with Gasteiger partial charge in [-0.3, -0.25) is 4.79 Å². The molecule has 1 aliphatic rings. The van der Waals surface area contributed by atoms with Crippen LogP contribution in [0.2, 0.25) is 0 Å². The summed E-state index contributed by atoms with van der Waals surface area (Å²) in [6, 6.07) is 0. The largest absolute Gasteiger partial charge is 0.442 e. The van der Waals surface area contributed by atoms with Crippen LogP contribution in [-0.2, 0) is 4.79 Å². The monoisotopic (exact) mass is 258 g/mol. The molecule has 1 heterocycles. The summed E-state index contributed by atoms with van der Waals surface area (Å²) >= 11 is -0.365. The second-order valence-corrected chi connectivity index (χ2v) is 4.56. The average molecular weight is 258 g/mol. The van der Waals surface area contributed by atoms with Crippen LogP contribution in [0.4, 0.5) is 13.2 Å². The van der Waals surface area contributed by atoms with E-state index in [0.717, 1.165) is 0 Å². The molecule has 3 N–H and O–H groups in total. The Morgan fingerprint density at radius 3 is 2.69 bits per heavy atom. The first-order valence-electron chi connectivity index (χ1n) is 4.74. The molecular formula is C8H13F3N2O2S. The maximum absolute atomic E-state index is 11.8. The topological polar surface area (TPSA) is 61.4 Å². The third-order valence-corrected chi connectivity index (χ3v) is 2.97. The molecule has 1 amide bonds. The molecule has 1 fully saturated rings. The molecule has 8 heteroatoms. The number of alkyl halides is 3. The summed E-state index contributed by atoms with van der Waals surface area (Å²) in [6.07, 6.45) is -0.546. The predicted molar refractivity (Wildman–Crippen MR) is 53.9 cm³/mol. The summed E-state index contributed by atoms with van der Waals surface area (Å²) < 4.78 is 35.3. The van der Waals surface area contributed by atoms with Crippen LogP contribution < -0.4 is 10.6 Å². The van der Waals surface area contributed by atoms with Crippen molar-refractivity contribution in [3.8, 4) is 0 Å². The van der Waals surface area contributed by atoms with Crippen molar-refractivity contribution in [3.63, 3.8) is 0 Å². The Bertz CT molecular complexity index is 250. The highest BCUT2D eigenvalue weighted by Crippen LogP contribution is 2.29. The third kappa shape index (κ3) is 5.04. The molecule has 2 unspecified atom stereocenters. The number of hydrogen-bond donors (Lipinski definition) is 3. The normalized spacial score (nSPS) is 25.8. The zero-order chi connectivity index (χ0) is 12.2. The van der Waals surface area contributed by atoms with Gasteiger partial charge in [-0.25, -0.2) is 0 Å². The molecule has 0 radical (unpaired) electrons. The van der Waals surface area contributed by atoms with Crippen molar-refractivity contribution in [1.82, 2.24) is 10.6 Å².